The molecule has 20 heavy (non-hydrogen) atoms. The summed E-state index contributed by atoms with van der Waals surface area (Å²) in [5.41, 5.74) is 0.990. The maximum Gasteiger partial charge on any atom is 0.137 e. The van der Waals surface area contributed by atoms with E-state index in [2.05, 4.69) is 56.2 Å². The van der Waals surface area contributed by atoms with Gasteiger partial charge in [-0.2, -0.15) is 0 Å². The van der Waals surface area contributed by atoms with Crippen molar-refractivity contribution in [2.75, 3.05) is 6.54 Å². The fourth-order valence-electron chi connectivity index (χ4n) is 2.02. The van der Waals surface area contributed by atoms with E-state index in [4.69, 9.17) is 0 Å². The Hall–Kier alpha value is -0.230. The fraction of sp³-hybridized carbons (Fsp3) is 0.333. The van der Waals surface area contributed by atoms with E-state index < -0.39 is 0 Å². The number of benzene rings is 1. The first-order chi connectivity index (χ1) is 9.60. The summed E-state index contributed by atoms with van der Waals surface area (Å²) in [7, 11) is 0. The first-order valence-electron chi connectivity index (χ1n) is 6.52. The molecule has 2 aromatic rings. The van der Waals surface area contributed by atoms with Gasteiger partial charge in [0.15, 0.2) is 0 Å². The second-order valence-corrected chi connectivity index (χ2v) is 7.99. The number of hydrogen-bond acceptors (Lipinski definition) is 2. The summed E-state index contributed by atoms with van der Waals surface area (Å²) >= 11 is 8.41. The van der Waals surface area contributed by atoms with Gasteiger partial charge in [-0.25, -0.2) is 4.39 Å². The number of hydrogen-bond donors (Lipinski definition) is 1. The molecule has 0 aliphatic heterocycles. The predicted molar refractivity (Wildman–Crippen MR) is 90.9 cm³/mol. The zero-order valence-corrected chi connectivity index (χ0v) is 15.1. The van der Waals surface area contributed by atoms with Crippen molar-refractivity contribution in [1.29, 1.82) is 0 Å². The Kier molecular flexibility index (Phi) is 6.20. The zero-order valence-electron chi connectivity index (χ0n) is 11.1. The standard InChI is InChI=1S/C15H16Br2FNS/c1-2-7-19-14(9-11-4-6-15(17)20-11)10-3-5-12(16)13(18)8-10/h3-6,8,14,19H,2,7,9H2,1H3. The molecule has 0 bridgehead atoms. The molecule has 0 fully saturated rings. The Balaban J connectivity index is 2.19. The lowest BCUT2D eigenvalue weighted by molar-refractivity contribution is 0.526. The molecule has 1 atom stereocenters. The molecule has 2 rings (SSSR count). The van der Waals surface area contributed by atoms with Gasteiger partial charge in [-0.15, -0.1) is 11.3 Å². The maximum absolute atomic E-state index is 13.7. The van der Waals surface area contributed by atoms with Gasteiger partial charge in [0.25, 0.3) is 0 Å². The monoisotopic (exact) mass is 419 g/mol. The van der Waals surface area contributed by atoms with Crippen LogP contribution in [0.4, 0.5) is 4.39 Å². The van der Waals surface area contributed by atoms with E-state index in [0.29, 0.717) is 4.47 Å². The number of nitrogens with one attached hydrogen (secondary N) is 1. The second kappa shape index (κ2) is 7.69. The van der Waals surface area contributed by atoms with Crippen molar-refractivity contribution < 1.29 is 4.39 Å². The molecule has 0 amide bonds. The van der Waals surface area contributed by atoms with E-state index in [1.807, 2.05) is 6.07 Å². The predicted octanol–water partition coefficient (Wildman–Crippen LogP) is 5.70. The van der Waals surface area contributed by atoms with Crippen LogP contribution in [0.25, 0.3) is 0 Å². The molecule has 1 aromatic carbocycles. The van der Waals surface area contributed by atoms with Crippen molar-refractivity contribution in [2.24, 2.45) is 0 Å². The highest BCUT2D eigenvalue weighted by molar-refractivity contribution is 9.11. The summed E-state index contributed by atoms with van der Waals surface area (Å²) in [5, 5.41) is 3.50. The normalized spacial score (nSPS) is 12.6. The van der Waals surface area contributed by atoms with Crippen molar-refractivity contribution in [3.05, 3.63) is 54.8 Å². The smallest absolute Gasteiger partial charge is 0.137 e. The molecule has 0 aliphatic rings. The topological polar surface area (TPSA) is 12.0 Å². The van der Waals surface area contributed by atoms with Gasteiger partial charge in [0.1, 0.15) is 5.82 Å². The van der Waals surface area contributed by atoms with E-state index in [9.17, 15) is 4.39 Å². The Morgan fingerprint density at radius 2 is 2.05 bits per heavy atom. The highest BCUT2D eigenvalue weighted by Crippen LogP contribution is 2.28. The lowest BCUT2D eigenvalue weighted by atomic mass is 10.0. The summed E-state index contributed by atoms with van der Waals surface area (Å²) in [6, 6.07) is 9.67. The van der Waals surface area contributed by atoms with Gasteiger partial charge in [0.05, 0.1) is 8.26 Å². The third kappa shape index (κ3) is 4.38. The molecule has 0 saturated heterocycles. The summed E-state index contributed by atoms with van der Waals surface area (Å²) in [6.45, 7) is 3.06. The van der Waals surface area contributed by atoms with Crippen LogP contribution in [-0.4, -0.2) is 6.54 Å². The van der Waals surface area contributed by atoms with E-state index >= 15 is 0 Å². The summed E-state index contributed by atoms with van der Waals surface area (Å²) in [5.74, 6) is -0.210. The van der Waals surface area contributed by atoms with E-state index in [1.165, 1.54) is 4.88 Å². The first-order valence-corrected chi connectivity index (χ1v) is 8.93. The molecule has 0 radical (unpaired) electrons. The van der Waals surface area contributed by atoms with Crippen molar-refractivity contribution >= 4 is 43.2 Å². The quantitative estimate of drug-likeness (QED) is 0.632. The van der Waals surface area contributed by atoms with Crippen LogP contribution in [0.1, 0.15) is 29.8 Å². The van der Waals surface area contributed by atoms with Gasteiger partial charge in [-0.1, -0.05) is 13.0 Å². The number of thiophene rings is 1. The minimum atomic E-state index is -0.210. The van der Waals surface area contributed by atoms with Crippen LogP contribution >= 0.6 is 43.2 Å². The van der Waals surface area contributed by atoms with E-state index in [1.54, 1.807) is 23.5 Å². The molecule has 0 spiro atoms. The molecule has 108 valence electrons. The van der Waals surface area contributed by atoms with Gasteiger partial charge in [0.2, 0.25) is 0 Å². The van der Waals surface area contributed by atoms with Gasteiger partial charge in [0, 0.05) is 17.3 Å². The molecule has 1 heterocycles. The zero-order chi connectivity index (χ0) is 14.5. The van der Waals surface area contributed by atoms with Gasteiger partial charge >= 0.3 is 0 Å². The van der Waals surface area contributed by atoms with Crippen LogP contribution in [-0.2, 0) is 6.42 Å². The van der Waals surface area contributed by atoms with Crippen LogP contribution in [0.15, 0.2) is 38.6 Å². The molecular weight excluding hydrogens is 405 g/mol. The molecule has 0 saturated carbocycles. The number of halogens is 3. The SMILES string of the molecule is CCCNC(Cc1ccc(Br)s1)c1ccc(Br)c(F)c1. The van der Waals surface area contributed by atoms with Crippen molar-refractivity contribution in [3.8, 4) is 0 Å². The van der Waals surface area contributed by atoms with Crippen molar-refractivity contribution in [2.45, 2.75) is 25.8 Å². The van der Waals surface area contributed by atoms with Crippen molar-refractivity contribution in [1.82, 2.24) is 5.32 Å². The molecule has 1 aromatic heterocycles. The summed E-state index contributed by atoms with van der Waals surface area (Å²) < 4.78 is 15.4. The highest BCUT2D eigenvalue weighted by atomic mass is 79.9. The fourth-order valence-corrected chi connectivity index (χ4v) is 3.79. The van der Waals surface area contributed by atoms with E-state index in [0.717, 1.165) is 28.7 Å². The Bertz CT molecular complexity index is 571. The van der Waals surface area contributed by atoms with Crippen LogP contribution < -0.4 is 5.32 Å². The third-order valence-corrected chi connectivity index (χ3v) is 5.31. The Morgan fingerprint density at radius 1 is 1.25 bits per heavy atom. The van der Waals surface area contributed by atoms with Gasteiger partial charge in [-0.05, 0) is 74.7 Å². The Labute approximate surface area is 139 Å². The minimum absolute atomic E-state index is 0.142. The lowest BCUT2D eigenvalue weighted by Gasteiger charge is -2.18. The van der Waals surface area contributed by atoms with Crippen molar-refractivity contribution in [3.63, 3.8) is 0 Å². The largest absolute Gasteiger partial charge is 0.310 e. The molecule has 0 aliphatic carbocycles. The van der Waals surface area contributed by atoms with Crippen LogP contribution in [0.3, 0.4) is 0 Å². The highest BCUT2D eigenvalue weighted by Gasteiger charge is 2.14. The third-order valence-electron chi connectivity index (χ3n) is 3.02. The summed E-state index contributed by atoms with van der Waals surface area (Å²) in [6.07, 6.45) is 1.93. The van der Waals surface area contributed by atoms with Crippen LogP contribution in [0.5, 0.6) is 0 Å². The number of rotatable bonds is 6. The molecular formula is C15H16Br2FNS. The summed E-state index contributed by atoms with van der Waals surface area (Å²) in [4.78, 5) is 1.29. The molecule has 1 N–H and O–H groups in total. The average Bonchev–Trinajstić information content (AvgIpc) is 2.83. The second-order valence-electron chi connectivity index (χ2n) is 4.59. The van der Waals surface area contributed by atoms with Crippen LogP contribution in [0, 0.1) is 5.82 Å². The minimum Gasteiger partial charge on any atom is -0.310 e. The Morgan fingerprint density at radius 3 is 2.65 bits per heavy atom. The van der Waals surface area contributed by atoms with E-state index in [-0.39, 0.29) is 11.9 Å². The van der Waals surface area contributed by atoms with Gasteiger partial charge in [-0.3, -0.25) is 0 Å². The molecule has 5 heteroatoms. The molecule has 1 unspecified atom stereocenters. The maximum atomic E-state index is 13.7. The molecule has 1 nitrogen and oxygen atoms in total. The average molecular weight is 421 g/mol. The van der Waals surface area contributed by atoms with Crippen LogP contribution in [0.2, 0.25) is 0 Å². The first kappa shape index (κ1) is 16.1. The lowest BCUT2D eigenvalue weighted by Crippen LogP contribution is -2.24. The van der Waals surface area contributed by atoms with Gasteiger partial charge < -0.3 is 5.32 Å².